The molecule has 0 saturated heterocycles. The van der Waals surface area contributed by atoms with E-state index in [-0.39, 0.29) is 5.91 Å². The molecule has 0 unspecified atom stereocenters. The lowest BCUT2D eigenvalue weighted by Crippen LogP contribution is -2.30. The molecule has 27 heavy (non-hydrogen) atoms. The zero-order valence-corrected chi connectivity index (χ0v) is 15.8. The molecule has 0 aromatic heterocycles. The average molecular weight is 369 g/mol. The van der Waals surface area contributed by atoms with Gasteiger partial charge in [0.1, 0.15) is 11.5 Å². The van der Waals surface area contributed by atoms with E-state index in [1.165, 1.54) is 11.0 Å². The van der Waals surface area contributed by atoms with E-state index < -0.39 is 12.1 Å². The van der Waals surface area contributed by atoms with Crippen LogP contribution in [0.1, 0.15) is 17.2 Å². The molecule has 0 radical (unpaired) electrons. The van der Waals surface area contributed by atoms with Gasteiger partial charge in [-0.15, -0.1) is 0 Å². The van der Waals surface area contributed by atoms with Crippen molar-refractivity contribution in [3.8, 4) is 11.5 Å². The van der Waals surface area contributed by atoms with Crippen molar-refractivity contribution < 1.29 is 23.8 Å². The molecule has 0 aliphatic rings. The average Bonchev–Trinajstić information content (AvgIpc) is 2.70. The molecule has 0 fully saturated rings. The van der Waals surface area contributed by atoms with Gasteiger partial charge in [0.05, 0.1) is 14.2 Å². The molecule has 6 nitrogen and oxygen atoms in total. The van der Waals surface area contributed by atoms with E-state index in [0.29, 0.717) is 22.6 Å². The highest BCUT2D eigenvalue weighted by Gasteiger charge is 2.25. The molecule has 142 valence electrons. The number of benzene rings is 2. The summed E-state index contributed by atoms with van der Waals surface area (Å²) >= 11 is 0. The minimum absolute atomic E-state index is 0.318. The van der Waals surface area contributed by atoms with Crippen LogP contribution in [0.2, 0.25) is 0 Å². The number of ether oxygens (including phenoxy) is 3. The number of hydrogen-bond donors (Lipinski definition) is 0. The lowest BCUT2D eigenvalue weighted by molar-refractivity contribution is -0.155. The van der Waals surface area contributed by atoms with Crippen LogP contribution in [0, 0.1) is 0 Å². The molecular weight excluding hydrogens is 346 g/mol. The number of rotatable bonds is 7. The maximum absolute atomic E-state index is 12.4. The van der Waals surface area contributed by atoms with Crippen molar-refractivity contribution in [3.05, 3.63) is 65.7 Å². The first-order chi connectivity index (χ1) is 13.0. The third-order valence-electron chi connectivity index (χ3n) is 3.84. The van der Waals surface area contributed by atoms with Crippen LogP contribution >= 0.6 is 0 Å². The highest BCUT2D eigenvalue weighted by molar-refractivity contribution is 5.91. The van der Waals surface area contributed by atoms with Crippen LogP contribution in [0.25, 0.3) is 6.08 Å². The topological polar surface area (TPSA) is 65.1 Å². The van der Waals surface area contributed by atoms with Gasteiger partial charge in [-0.3, -0.25) is 4.79 Å². The molecule has 0 spiro atoms. The number of nitrogens with zero attached hydrogens (tertiary/aromatic N) is 1. The summed E-state index contributed by atoms with van der Waals surface area (Å²) in [5.41, 5.74) is 1.26. The summed E-state index contributed by atoms with van der Waals surface area (Å²) < 4.78 is 15.9. The lowest BCUT2D eigenvalue weighted by Gasteiger charge is -2.20. The van der Waals surface area contributed by atoms with Crippen LogP contribution in [0.15, 0.2) is 54.6 Å². The van der Waals surface area contributed by atoms with Crippen molar-refractivity contribution in [1.82, 2.24) is 4.90 Å². The molecule has 2 aromatic carbocycles. The molecule has 6 heteroatoms. The number of methoxy groups -OCH3 is 2. The highest BCUT2D eigenvalue weighted by Crippen LogP contribution is 2.25. The standard InChI is InChI=1S/C21H23NO5/c1-22(2)21(24)20(15-8-6-5-7-9-15)27-19(23)13-10-16-14-17(25-3)11-12-18(16)26-4/h5-14,20H,1-4H3/b13-10+/t20-/m0/s1. The van der Waals surface area contributed by atoms with Gasteiger partial charge in [-0.1, -0.05) is 30.3 Å². The minimum atomic E-state index is -1.01. The Labute approximate surface area is 159 Å². The van der Waals surface area contributed by atoms with Crippen molar-refractivity contribution in [2.24, 2.45) is 0 Å². The van der Waals surface area contributed by atoms with E-state index in [9.17, 15) is 9.59 Å². The summed E-state index contributed by atoms with van der Waals surface area (Å²) in [5, 5.41) is 0. The Morgan fingerprint density at radius 1 is 1.00 bits per heavy atom. The predicted molar refractivity (Wildman–Crippen MR) is 103 cm³/mol. The minimum Gasteiger partial charge on any atom is -0.497 e. The summed E-state index contributed by atoms with van der Waals surface area (Å²) in [4.78, 5) is 26.1. The van der Waals surface area contributed by atoms with Gasteiger partial charge in [-0.2, -0.15) is 0 Å². The van der Waals surface area contributed by atoms with E-state index >= 15 is 0 Å². The molecule has 0 N–H and O–H groups in total. The Morgan fingerprint density at radius 2 is 1.70 bits per heavy atom. The molecule has 0 aliphatic carbocycles. The number of hydrogen-bond acceptors (Lipinski definition) is 5. The number of amides is 1. The highest BCUT2D eigenvalue weighted by atomic mass is 16.5. The van der Waals surface area contributed by atoms with Crippen molar-refractivity contribution >= 4 is 18.0 Å². The second-order valence-corrected chi connectivity index (χ2v) is 5.90. The van der Waals surface area contributed by atoms with Gasteiger partial charge in [0.25, 0.3) is 5.91 Å². The molecule has 0 saturated carbocycles. The first-order valence-corrected chi connectivity index (χ1v) is 8.33. The first kappa shape index (κ1) is 20.0. The Kier molecular flexibility index (Phi) is 7.00. The lowest BCUT2D eigenvalue weighted by atomic mass is 10.1. The van der Waals surface area contributed by atoms with Gasteiger partial charge < -0.3 is 19.1 Å². The fourth-order valence-electron chi connectivity index (χ4n) is 2.41. The molecule has 0 aliphatic heterocycles. The van der Waals surface area contributed by atoms with E-state index in [1.54, 1.807) is 76.9 Å². The number of esters is 1. The smallest absolute Gasteiger partial charge is 0.331 e. The largest absolute Gasteiger partial charge is 0.497 e. The zero-order chi connectivity index (χ0) is 19.8. The number of likely N-dealkylation sites (N-methyl/N-ethyl adjacent to an activating group) is 1. The van der Waals surface area contributed by atoms with Gasteiger partial charge >= 0.3 is 5.97 Å². The van der Waals surface area contributed by atoms with E-state index in [2.05, 4.69) is 0 Å². The summed E-state index contributed by atoms with van der Waals surface area (Å²) in [6, 6.07) is 14.1. The van der Waals surface area contributed by atoms with Crippen LogP contribution in [-0.2, 0) is 14.3 Å². The molecule has 0 bridgehead atoms. The monoisotopic (exact) mass is 369 g/mol. The van der Waals surface area contributed by atoms with Crippen LogP contribution in [-0.4, -0.2) is 45.1 Å². The van der Waals surface area contributed by atoms with Gasteiger partial charge in [0, 0.05) is 31.3 Å². The summed E-state index contributed by atoms with van der Waals surface area (Å²) in [7, 11) is 6.33. The first-order valence-electron chi connectivity index (χ1n) is 8.33. The second kappa shape index (κ2) is 9.43. The van der Waals surface area contributed by atoms with Crippen LogP contribution in [0.3, 0.4) is 0 Å². The maximum Gasteiger partial charge on any atom is 0.331 e. The molecule has 1 atom stereocenters. The van der Waals surface area contributed by atoms with E-state index in [0.717, 1.165) is 0 Å². The van der Waals surface area contributed by atoms with Crippen molar-refractivity contribution in [2.45, 2.75) is 6.10 Å². The predicted octanol–water partition coefficient (Wildman–Crippen LogP) is 3.09. The van der Waals surface area contributed by atoms with E-state index in [1.807, 2.05) is 6.07 Å². The van der Waals surface area contributed by atoms with Crippen molar-refractivity contribution in [3.63, 3.8) is 0 Å². The summed E-state index contributed by atoms with van der Waals surface area (Å²) in [5.74, 6) is 0.267. The molecule has 1 amide bonds. The fourth-order valence-corrected chi connectivity index (χ4v) is 2.41. The Bertz CT molecular complexity index is 815. The SMILES string of the molecule is COc1ccc(OC)c(/C=C/C(=O)O[C@H](C(=O)N(C)C)c2ccccc2)c1. The third-order valence-corrected chi connectivity index (χ3v) is 3.84. The van der Waals surface area contributed by atoms with Gasteiger partial charge in [-0.25, -0.2) is 4.79 Å². The Hall–Kier alpha value is -3.28. The Balaban J connectivity index is 2.21. The van der Waals surface area contributed by atoms with Gasteiger partial charge in [0.15, 0.2) is 0 Å². The zero-order valence-electron chi connectivity index (χ0n) is 15.8. The quantitative estimate of drug-likeness (QED) is 0.554. The Morgan fingerprint density at radius 3 is 2.30 bits per heavy atom. The van der Waals surface area contributed by atoms with Crippen molar-refractivity contribution in [1.29, 1.82) is 0 Å². The summed E-state index contributed by atoms with van der Waals surface area (Å²) in [6.45, 7) is 0. The maximum atomic E-state index is 12.4. The van der Waals surface area contributed by atoms with Crippen LogP contribution in [0.4, 0.5) is 0 Å². The number of carbonyl (C=O) groups excluding carboxylic acids is 2. The second-order valence-electron chi connectivity index (χ2n) is 5.90. The fraction of sp³-hybridized carbons (Fsp3) is 0.238. The van der Waals surface area contributed by atoms with Crippen molar-refractivity contribution in [2.75, 3.05) is 28.3 Å². The van der Waals surface area contributed by atoms with Gasteiger partial charge in [0.2, 0.25) is 6.10 Å². The molecule has 2 rings (SSSR count). The number of carbonyl (C=O) groups is 2. The van der Waals surface area contributed by atoms with E-state index in [4.69, 9.17) is 14.2 Å². The summed E-state index contributed by atoms with van der Waals surface area (Å²) in [6.07, 6.45) is 1.81. The third kappa shape index (κ3) is 5.34. The molecular formula is C21H23NO5. The van der Waals surface area contributed by atoms with Gasteiger partial charge in [-0.05, 0) is 24.3 Å². The molecule has 2 aromatic rings. The van der Waals surface area contributed by atoms with Crippen LogP contribution < -0.4 is 9.47 Å². The normalized spacial score (nSPS) is 11.7. The van der Waals surface area contributed by atoms with Crippen LogP contribution in [0.5, 0.6) is 11.5 Å². The molecule has 0 heterocycles.